The maximum absolute atomic E-state index is 13.1. The Bertz CT molecular complexity index is 1070. The number of hydrogen-bond acceptors (Lipinski definition) is 5. The van der Waals surface area contributed by atoms with Crippen molar-refractivity contribution in [1.29, 1.82) is 0 Å². The van der Waals surface area contributed by atoms with Crippen molar-refractivity contribution in [2.45, 2.75) is 39.2 Å². The highest BCUT2D eigenvalue weighted by atomic mass is 19.1. The van der Waals surface area contributed by atoms with Gasteiger partial charge in [-0.05, 0) is 94.1 Å². The van der Waals surface area contributed by atoms with E-state index in [1.165, 1.54) is 29.8 Å². The number of pyridine rings is 1. The van der Waals surface area contributed by atoms with Crippen LogP contribution in [0.1, 0.15) is 48.7 Å². The molecule has 3 aromatic rings. The third kappa shape index (κ3) is 6.63. The van der Waals surface area contributed by atoms with Crippen molar-refractivity contribution in [3.63, 3.8) is 0 Å². The number of hydrogen-bond donors (Lipinski definition) is 2. The number of piperidine rings is 1. The lowest BCUT2D eigenvalue weighted by Crippen LogP contribution is -2.37. The molecule has 34 heavy (non-hydrogen) atoms. The molecule has 4 rings (SSSR count). The quantitative estimate of drug-likeness (QED) is 0.483. The summed E-state index contributed by atoms with van der Waals surface area (Å²) in [7, 11) is 0. The predicted octanol–water partition coefficient (Wildman–Crippen LogP) is 4.62. The van der Waals surface area contributed by atoms with Crippen LogP contribution in [0.4, 0.5) is 16.0 Å². The summed E-state index contributed by atoms with van der Waals surface area (Å²) in [6.07, 6.45) is 7.49. The largest absolute Gasteiger partial charge is 0.370 e. The van der Waals surface area contributed by atoms with Gasteiger partial charge < -0.3 is 15.5 Å². The fraction of sp³-hybridized carbons (Fsp3) is 0.423. The van der Waals surface area contributed by atoms with Gasteiger partial charge in [-0.25, -0.2) is 9.37 Å². The van der Waals surface area contributed by atoms with Crippen molar-refractivity contribution in [2.24, 2.45) is 5.92 Å². The first-order valence-electron chi connectivity index (χ1n) is 12.0. The zero-order valence-electron chi connectivity index (χ0n) is 19.9. The van der Waals surface area contributed by atoms with Gasteiger partial charge in [0, 0.05) is 30.9 Å². The average Bonchev–Trinajstić information content (AvgIpc) is 3.32. The predicted molar refractivity (Wildman–Crippen MR) is 133 cm³/mol. The number of halogens is 1. The molecule has 3 heterocycles. The van der Waals surface area contributed by atoms with E-state index in [0.717, 1.165) is 51.3 Å². The number of carbonyl (C=O) groups is 1. The number of nitrogens with one attached hydrogen (secondary N) is 2. The van der Waals surface area contributed by atoms with E-state index in [1.807, 2.05) is 23.0 Å². The van der Waals surface area contributed by atoms with E-state index in [9.17, 15) is 9.18 Å². The van der Waals surface area contributed by atoms with Crippen LogP contribution in [0.3, 0.4) is 0 Å². The molecule has 1 aliphatic heterocycles. The third-order valence-corrected chi connectivity index (χ3v) is 6.28. The van der Waals surface area contributed by atoms with Crippen LogP contribution in [0, 0.1) is 11.7 Å². The van der Waals surface area contributed by atoms with Crippen LogP contribution in [0.25, 0.3) is 0 Å². The molecular weight excluding hydrogens is 431 g/mol. The molecule has 0 unspecified atom stereocenters. The lowest BCUT2D eigenvalue weighted by Gasteiger charge is -2.32. The van der Waals surface area contributed by atoms with E-state index in [4.69, 9.17) is 0 Å². The summed E-state index contributed by atoms with van der Waals surface area (Å²) in [5.74, 6) is 1.12. The Hall–Kier alpha value is -3.26. The molecule has 8 heteroatoms. The van der Waals surface area contributed by atoms with E-state index in [0.29, 0.717) is 23.3 Å². The number of likely N-dealkylation sites (tertiary alicyclic amines) is 1. The molecule has 0 atom stereocenters. The SMILES string of the molecule is CC(C)n1cc(CCN2CCC(CNc3cccc(NC(=O)c4ccc(F)cc4)n3)CC2)cn1. The maximum atomic E-state index is 13.1. The number of nitrogens with zero attached hydrogens (tertiary/aromatic N) is 4. The first kappa shape index (κ1) is 23.9. The second-order valence-electron chi connectivity index (χ2n) is 9.21. The van der Waals surface area contributed by atoms with Crippen LogP contribution in [-0.2, 0) is 6.42 Å². The molecule has 0 bridgehead atoms. The van der Waals surface area contributed by atoms with Crippen LogP contribution in [0.5, 0.6) is 0 Å². The lowest BCUT2D eigenvalue weighted by atomic mass is 9.96. The molecule has 1 aliphatic rings. The van der Waals surface area contributed by atoms with Crippen molar-refractivity contribution in [3.05, 3.63) is 71.8 Å². The highest BCUT2D eigenvalue weighted by Gasteiger charge is 2.19. The van der Waals surface area contributed by atoms with Gasteiger partial charge in [-0.2, -0.15) is 5.10 Å². The highest BCUT2D eigenvalue weighted by Crippen LogP contribution is 2.19. The standard InChI is InChI=1S/C26H33FN6O/c1-19(2)33-18-21(17-29-33)12-15-32-13-10-20(11-14-32)16-28-24-4-3-5-25(30-24)31-26(34)22-6-8-23(27)9-7-22/h3-9,17-20H,10-16H2,1-2H3,(H2,28,30,31,34). The molecule has 2 N–H and O–H groups in total. The number of carbonyl (C=O) groups excluding carboxylic acids is 1. The molecule has 1 aromatic carbocycles. The Morgan fingerprint density at radius 1 is 1.12 bits per heavy atom. The van der Waals surface area contributed by atoms with Crippen LogP contribution in [0.15, 0.2) is 54.9 Å². The molecule has 0 spiro atoms. The molecule has 1 fully saturated rings. The van der Waals surface area contributed by atoms with E-state index in [2.05, 4.69) is 45.7 Å². The smallest absolute Gasteiger partial charge is 0.256 e. The number of benzene rings is 1. The first-order chi connectivity index (χ1) is 16.5. The van der Waals surface area contributed by atoms with E-state index in [-0.39, 0.29) is 11.7 Å². The minimum absolute atomic E-state index is 0.312. The van der Waals surface area contributed by atoms with E-state index in [1.54, 1.807) is 6.07 Å². The lowest BCUT2D eigenvalue weighted by molar-refractivity contribution is 0.102. The van der Waals surface area contributed by atoms with Gasteiger partial charge in [0.25, 0.3) is 5.91 Å². The molecule has 1 saturated heterocycles. The average molecular weight is 465 g/mol. The van der Waals surface area contributed by atoms with Gasteiger partial charge in [-0.1, -0.05) is 6.07 Å². The monoisotopic (exact) mass is 464 g/mol. The number of aromatic nitrogens is 3. The Morgan fingerprint density at radius 2 is 1.85 bits per heavy atom. The maximum Gasteiger partial charge on any atom is 0.256 e. The zero-order chi connectivity index (χ0) is 23.9. The second kappa shape index (κ2) is 11.2. The molecule has 180 valence electrons. The summed E-state index contributed by atoms with van der Waals surface area (Å²) < 4.78 is 15.1. The zero-order valence-corrected chi connectivity index (χ0v) is 19.9. The molecular formula is C26H33FN6O. The highest BCUT2D eigenvalue weighted by molar-refractivity contribution is 6.03. The summed E-state index contributed by atoms with van der Waals surface area (Å²) in [4.78, 5) is 19.4. The molecule has 2 aromatic heterocycles. The van der Waals surface area contributed by atoms with Crippen molar-refractivity contribution < 1.29 is 9.18 Å². The first-order valence-corrected chi connectivity index (χ1v) is 12.0. The second-order valence-corrected chi connectivity index (χ2v) is 9.21. The summed E-state index contributed by atoms with van der Waals surface area (Å²) >= 11 is 0. The van der Waals surface area contributed by atoms with Crippen LogP contribution >= 0.6 is 0 Å². The van der Waals surface area contributed by atoms with Crippen molar-refractivity contribution >= 4 is 17.5 Å². The summed E-state index contributed by atoms with van der Waals surface area (Å²) in [6.45, 7) is 8.42. The minimum Gasteiger partial charge on any atom is -0.370 e. The van der Waals surface area contributed by atoms with Crippen LogP contribution in [0.2, 0.25) is 0 Å². The van der Waals surface area contributed by atoms with Crippen LogP contribution < -0.4 is 10.6 Å². The molecule has 0 aliphatic carbocycles. The summed E-state index contributed by atoms with van der Waals surface area (Å²) in [6, 6.07) is 11.4. The Balaban J connectivity index is 1.19. The van der Waals surface area contributed by atoms with Gasteiger partial charge in [0.2, 0.25) is 0 Å². The molecule has 0 saturated carbocycles. The number of amides is 1. The topological polar surface area (TPSA) is 75.1 Å². The third-order valence-electron chi connectivity index (χ3n) is 6.28. The van der Waals surface area contributed by atoms with Crippen molar-refractivity contribution in [2.75, 3.05) is 36.8 Å². The molecule has 1 amide bonds. The fourth-order valence-corrected chi connectivity index (χ4v) is 4.13. The fourth-order valence-electron chi connectivity index (χ4n) is 4.13. The molecule has 0 radical (unpaired) electrons. The van der Waals surface area contributed by atoms with Crippen molar-refractivity contribution in [3.8, 4) is 0 Å². The number of anilines is 2. The van der Waals surface area contributed by atoms with E-state index < -0.39 is 0 Å². The normalized spacial score (nSPS) is 14.9. The van der Waals surface area contributed by atoms with Crippen LogP contribution in [-0.4, -0.2) is 51.8 Å². The Labute approximate surface area is 200 Å². The van der Waals surface area contributed by atoms with Gasteiger partial charge in [0.05, 0.1) is 6.20 Å². The van der Waals surface area contributed by atoms with Gasteiger partial charge in [-0.15, -0.1) is 0 Å². The Kier molecular flexibility index (Phi) is 7.90. The minimum atomic E-state index is -0.370. The van der Waals surface area contributed by atoms with Gasteiger partial charge in [0.1, 0.15) is 17.5 Å². The summed E-state index contributed by atoms with van der Waals surface area (Å²) in [5, 5.41) is 10.6. The van der Waals surface area contributed by atoms with Crippen molar-refractivity contribution in [1.82, 2.24) is 19.7 Å². The van der Waals surface area contributed by atoms with Gasteiger partial charge in [0.15, 0.2) is 0 Å². The molecule has 7 nitrogen and oxygen atoms in total. The van der Waals surface area contributed by atoms with Gasteiger partial charge in [-0.3, -0.25) is 9.48 Å². The number of rotatable bonds is 9. The van der Waals surface area contributed by atoms with Gasteiger partial charge >= 0.3 is 0 Å². The Morgan fingerprint density at radius 3 is 2.56 bits per heavy atom. The van der Waals surface area contributed by atoms with E-state index >= 15 is 0 Å². The summed E-state index contributed by atoms with van der Waals surface area (Å²) in [5.41, 5.74) is 1.69.